The third kappa shape index (κ3) is 9.03. The summed E-state index contributed by atoms with van der Waals surface area (Å²) in [5.41, 5.74) is 1.67. The van der Waals surface area contributed by atoms with Crippen LogP contribution in [-0.4, -0.2) is 50.9 Å². The number of alkyl halides is 3. The van der Waals surface area contributed by atoms with Crippen LogP contribution in [-0.2, 0) is 25.4 Å². The predicted octanol–water partition coefficient (Wildman–Crippen LogP) is 7.13. The number of anilines is 2. The molecule has 2 heterocycles. The van der Waals surface area contributed by atoms with Crippen molar-refractivity contribution in [3.63, 3.8) is 0 Å². The highest BCUT2D eigenvalue weighted by Crippen LogP contribution is 2.32. The minimum atomic E-state index is -4.39. The number of carboxylic acid groups (broad SMARTS) is 1. The molecule has 11 nitrogen and oxygen atoms in total. The molecule has 0 saturated heterocycles. The highest BCUT2D eigenvalue weighted by Gasteiger charge is 2.30. The molecule has 6 N–H and O–H groups in total. The first kappa shape index (κ1) is 35.1. The lowest BCUT2D eigenvalue weighted by molar-refractivity contribution is -0.147. The molecule has 0 radical (unpaired) electrons. The number of nitrogens with one attached hydrogen (secondary N) is 5. The van der Waals surface area contributed by atoms with Gasteiger partial charge in [-0.1, -0.05) is 23.2 Å². The van der Waals surface area contributed by atoms with E-state index in [9.17, 15) is 32.3 Å². The van der Waals surface area contributed by atoms with Crippen molar-refractivity contribution in [2.75, 3.05) is 10.6 Å². The maximum absolute atomic E-state index is 12.7. The molecule has 49 heavy (non-hydrogen) atoms. The van der Waals surface area contributed by atoms with Crippen molar-refractivity contribution in [2.45, 2.75) is 44.0 Å². The second-order valence-corrected chi connectivity index (χ2v) is 12.0. The van der Waals surface area contributed by atoms with Crippen LogP contribution in [0.25, 0.3) is 21.8 Å². The van der Waals surface area contributed by atoms with Crippen molar-refractivity contribution in [1.82, 2.24) is 15.3 Å². The smallest absolute Gasteiger partial charge is 0.416 e. The van der Waals surface area contributed by atoms with Crippen molar-refractivity contribution in [3.8, 4) is 5.75 Å². The number of rotatable bonds is 5. The van der Waals surface area contributed by atoms with E-state index in [1.165, 1.54) is 18.3 Å². The van der Waals surface area contributed by atoms with Gasteiger partial charge >= 0.3 is 29.9 Å². The van der Waals surface area contributed by atoms with E-state index in [1.54, 1.807) is 42.6 Å². The SMILES string of the molecule is O=C(Nc1c[nH]c2ccc(Cl)cc12)C(=O)N[C@H]1CC[C@H](Oc2ccc(C(F)(F)F)cc2)CC1.O=C(O)C(=O)Nc1c[nH]c2ccc(Cl)cc12. The van der Waals surface area contributed by atoms with Crippen LogP contribution >= 0.6 is 23.2 Å². The van der Waals surface area contributed by atoms with Crippen molar-refractivity contribution in [2.24, 2.45) is 0 Å². The van der Waals surface area contributed by atoms with Gasteiger partial charge in [0.25, 0.3) is 0 Å². The normalized spacial score (nSPS) is 15.9. The Morgan fingerprint density at radius 2 is 1.24 bits per heavy atom. The summed E-state index contributed by atoms with van der Waals surface area (Å²) in [4.78, 5) is 51.9. The second kappa shape index (κ2) is 14.9. The van der Waals surface area contributed by atoms with Crippen molar-refractivity contribution in [1.29, 1.82) is 0 Å². The van der Waals surface area contributed by atoms with Gasteiger partial charge in [0.2, 0.25) is 0 Å². The Hall–Kier alpha value is -5.21. The van der Waals surface area contributed by atoms with E-state index in [0.717, 1.165) is 23.2 Å². The fourth-order valence-electron chi connectivity index (χ4n) is 5.24. The zero-order chi connectivity index (χ0) is 35.3. The van der Waals surface area contributed by atoms with Crippen LogP contribution in [0.2, 0.25) is 10.0 Å². The Morgan fingerprint density at radius 1 is 0.735 bits per heavy atom. The number of fused-ring (bicyclic) bond motifs is 2. The summed E-state index contributed by atoms with van der Waals surface area (Å²) in [6, 6.07) is 14.7. The number of carboxylic acids is 1. The summed E-state index contributed by atoms with van der Waals surface area (Å²) < 4.78 is 43.8. The Morgan fingerprint density at radius 3 is 1.73 bits per heavy atom. The minimum absolute atomic E-state index is 0.167. The molecule has 16 heteroatoms. The summed E-state index contributed by atoms with van der Waals surface area (Å²) in [5, 5.41) is 18.4. The van der Waals surface area contributed by atoms with Gasteiger partial charge in [-0.05, 0) is 86.3 Å². The average Bonchev–Trinajstić information content (AvgIpc) is 3.64. The first-order valence-corrected chi connectivity index (χ1v) is 15.6. The van der Waals surface area contributed by atoms with E-state index in [-0.39, 0.29) is 12.1 Å². The molecule has 1 aliphatic rings. The summed E-state index contributed by atoms with van der Waals surface area (Å²) in [6.45, 7) is 0. The molecule has 1 aliphatic carbocycles. The lowest BCUT2D eigenvalue weighted by Crippen LogP contribution is -2.44. The molecule has 0 atom stereocenters. The maximum Gasteiger partial charge on any atom is 0.416 e. The average molecular weight is 719 g/mol. The number of carbonyl (C=O) groups excluding carboxylic acids is 3. The van der Waals surface area contributed by atoms with E-state index in [2.05, 4.69) is 25.9 Å². The molecule has 3 amide bonds. The third-order valence-corrected chi connectivity index (χ3v) is 8.15. The Labute approximate surface area is 286 Å². The minimum Gasteiger partial charge on any atom is -0.490 e. The number of ether oxygens (including phenoxy) is 1. The molecule has 0 unspecified atom stereocenters. The Balaban J connectivity index is 0.000000244. The van der Waals surface area contributed by atoms with Crippen LogP contribution in [0.1, 0.15) is 31.2 Å². The van der Waals surface area contributed by atoms with E-state index in [1.807, 2.05) is 0 Å². The standard InChI is InChI=1S/C23H21ClF3N3O3.C10H7ClN2O3/c24-14-3-10-19-18(11-14)20(12-28-19)30-22(32)21(31)29-15-4-8-17(9-5-15)33-16-6-1-13(2-7-16)23(25,26)27;11-5-1-2-7-6(3-5)8(4-12-7)13-9(14)10(15)16/h1-3,6-7,10-12,15,17,28H,4-5,8-9H2,(H,29,31)(H,30,32);1-4,12H,(H,13,14)(H,15,16)/t15-,17-;. The number of benzene rings is 3. The van der Waals surface area contributed by atoms with Gasteiger partial charge in [-0.2, -0.15) is 13.2 Å². The number of hydrogen-bond donors (Lipinski definition) is 6. The molecule has 5 aromatic rings. The van der Waals surface area contributed by atoms with Crippen molar-refractivity contribution >= 4 is 80.1 Å². The number of aliphatic carboxylic acids is 1. The van der Waals surface area contributed by atoms with Gasteiger partial charge in [0.05, 0.1) is 23.0 Å². The first-order valence-electron chi connectivity index (χ1n) is 14.8. The second-order valence-electron chi connectivity index (χ2n) is 11.1. The molecule has 3 aromatic carbocycles. The monoisotopic (exact) mass is 717 g/mol. The largest absolute Gasteiger partial charge is 0.490 e. The third-order valence-electron chi connectivity index (χ3n) is 7.68. The fraction of sp³-hybridized carbons (Fsp3) is 0.212. The lowest BCUT2D eigenvalue weighted by Gasteiger charge is -2.29. The van der Waals surface area contributed by atoms with Crippen molar-refractivity contribution in [3.05, 3.63) is 88.7 Å². The number of hydrogen-bond acceptors (Lipinski definition) is 5. The number of aromatic nitrogens is 2. The van der Waals surface area contributed by atoms with E-state index in [4.69, 9.17) is 33.0 Å². The van der Waals surface area contributed by atoms with Crippen LogP contribution in [0.15, 0.2) is 73.1 Å². The van der Waals surface area contributed by atoms with Gasteiger partial charge in [-0.25, -0.2) is 4.79 Å². The molecular weight excluding hydrogens is 690 g/mol. The maximum atomic E-state index is 12.7. The van der Waals surface area contributed by atoms with Gasteiger partial charge in [0.15, 0.2) is 0 Å². The number of halogens is 5. The highest BCUT2D eigenvalue weighted by atomic mass is 35.5. The zero-order valence-electron chi connectivity index (χ0n) is 25.3. The van der Waals surface area contributed by atoms with Gasteiger partial charge in [0.1, 0.15) is 5.75 Å². The quantitative estimate of drug-likeness (QED) is 0.106. The molecular formula is C33H28Cl2F3N5O6. The van der Waals surface area contributed by atoms with E-state index in [0.29, 0.717) is 63.6 Å². The highest BCUT2D eigenvalue weighted by molar-refractivity contribution is 6.40. The van der Waals surface area contributed by atoms with Gasteiger partial charge in [-0.3, -0.25) is 14.4 Å². The topological polar surface area (TPSA) is 165 Å². The fourth-order valence-corrected chi connectivity index (χ4v) is 5.58. The van der Waals surface area contributed by atoms with E-state index >= 15 is 0 Å². The summed E-state index contributed by atoms with van der Waals surface area (Å²) in [7, 11) is 0. The predicted molar refractivity (Wildman–Crippen MR) is 178 cm³/mol. The summed E-state index contributed by atoms with van der Waals surface area (Å²) >= 11 is 11.8. The van der Waals surface area contributed by atoms with Crippen LogP contribution < -0.4 is 20.7 Å². The van der Waals surface area contributed by atoms with Crippen LogP contribution in [0.5, 0.6) is 5.75 Å². The Bertz CT molecular complexity index is 2000. The molecule has 1 fully saturated rings. The van der Waals surface area contributed by atoms with Gasteiger partial charge in [-0.15, -0.1) is 0 Å². The Kier molecular flexibility index (Phi) is 10.7. The molecule has 0 bridgehead atoms. The molecule has 1 saturated carbocycles. The van der Waals surface area contributed by atoms with Crippen LogP contribution in [0, 0.1) is 0 Å². The molecule has 256 valence electrons. The molecule has 0 aliphatic heterocycles. The van der Waals surface area contributed by atoms with Gasteiger partial charge in [0, 0.05) is 50.3 Å². The number of aromatic amines is 2. The first-order chi connectivity index (χ1) is 23.3. The zero-order valence-corrected chi connectivity index (χ0v) is 26.8. The molecule has 2 aromatic heterocycles. The van der Waals surface area contributed by atoms with Gasteiger partial charge < -0.3 is 35.8 Å². The lowest BCUT2D eigenvalue weighted by atomic mass is 9.93. The molecule has 6 rings (SSSR count). The summed E-state index contributed by atoms with van der Waals surface area (Å²) in [6.07, 6.45) is 0.947. The van der Waals surface area contributed by atoms with Crippen LogP contribution in [0.3, 0.4) is 0 Å². The number of amides is 3. The number of carbonyl (C=O) groups is 4. The van der Waals surface area contributed by atoms with Crippen molar-refractivity contribution < 1.29 is 42.2 Å². The number of H-pyrrole nitrogens is 2. The van der Waals surface area contributed by atoms with Crippen LogP contribution in [0.4, 0.5) is 24.5 Å². The summed E-state index contributed by atoms with van der Waals surface area (Å²) in [5.74, 6) is -3.76. The molecule has 0 spiro atoms. The van der Waals surface area contributed by atoms with E-state index < -0.39 is 35.4 Å².